The smallest absolute Gasteiger partial charge is 0.312 e. The van der Waals surface area contributed by atoms with Crippen LogP contribution in [0.1, 0.15) is 29.9 Å². The fourth-order valence-electron chi connectivity index (χ4n) is 3.06. The molecule has 2 aromatic carbocycles. The van der Waals surface area contributed by atoms with Gasteiger partial charge in [-0.1, -0.05) is 23.9 Å². The Labute approximate surface area is 139 Å². The van der Waals surface area contributed by atoms with Gasteiger partial charge in [0.05, 0.1) is 0 Å². The van der Waals surface area contributed by atoms with Crippen molar-refractivity contribution < 1.29 is 9.18 Å². The number of nitrogens with two attached hydrogens (primary N) is 1. The maximum Gasteiger partial charge on any atom is 0.312 e. The number of halogens is 1. The van der Waals surface area contributed by atoms with Crippen LogP contribution in [0.4, 0.5) is 9.18 Å². The average Bonchev–Trinajstić information content (AvgIpc) is 2.52. The molecule has 3 rings (SSSR count). The molecule has 0 fully saturated rings. The molecule has 0 spiro atoms. The Morgan fingerprint density at radius 1 is 1.26 bits per heavy atom. The summed E-state index contributed by atoms with van der Waals surface area (Å²) in [7, 11) is 0. The Hall–Kier alpha value is -2.01. The maximum absolute atomic E-state index is 13.3. The zero-order valence-electron chi connectivity index (χ0n) is 12.7. The SMILES string of the molecule is NC(=O)NCC1CCCc2cc(Sc3cccc(F)c3)ccc21. The topological polar surface area (TPSA) is 55.1 Å². The number of fused-ring (bicyclic) bond motifs is 1. The van der Waals surface area contributed by atoms with Gasteiger partial charge in [0.25, 0.3) is 0 Å². The highest BCUT2D eigenvalue weighted by molar-refractivity contribution is 7.99. The Morgan fingerprint density at radius 3 is 2.87 bits per heavy atom. The highest BCUT2D eigenvalue weighted by atomic mass is 32.2. The Balaban J connectivity index is 1.77. The normalized spacial score (nSPS) is 16.7. The van der Waals surface area contributed by atoms with Gasteiger partial charge in [0.15, 0.2) is 0 Å². The summed E-state index contributed by atoms with van der Waals surface area (Å²) in [5.74, 6) is 0.102. The molecule has 23 heavy (non-hydrogen) atoms. The van der Waals surface area contributed by atoms with Crippen LogP contribution in [0.15, 0.2) is 52.3 Å². The molecule has 0 bridgehead atoms. The summed E-state index contributed by atoms with van der Waals surface area (Å²) in [6.07, 6.45) is 3.20. The molecule has 3 N–H and O–H groups in total. The van der Waals surface area contributed by atoms with Crippen LogP contribution in [-0.2, 0) is 6.42 Å². The quantitative estimate of drug-likeness (QED) is 0.888. The third-order valence-corrected chi connectivity index (χ3v) is 5.09. The van der Waals surface area contributed by atoms with Crippen molar-refractivity contribution in [3.63, 3.8) is 0 Å². The van der Waals surface area contributed by atoms with Crippen LogP contribution >= 0.6 is 11.8 Å². The minimum atomic E-state index is -0.476. The lowest BCUT2D eigenvalue weighted by molar-refractivity contribution is 0.248. The van der Waals surface area contributed by atoms with Crippen molar-refractivity contribution in [3.8, 4) is 0 Å². The second-order valence-electron chi connectivity index (χ2n) is 5.75. The number of carbonyl (C=O) groups excluding carboxylic acids is 1. The minimum Gasteiger partial charge on any atom is -0.352 e. The van der Waals surface area contributed by atoms with E-state index < -0.39 is 6.03 Å². The van der Waals surface area contributed by atoms with Crippen molar-refractivity contribution in [3.05, 3.63) is 59.4 Å². The average molecular weight is 330 g/mol. The molecule has 0 heterocycles. The largest absolute Gasteiger partial charge is 0.352 e. The van der Waals surface area contributed by atoms with E-state index in [0.717, 1.165) is 29.1 Å². The van der Waals surface area contributed by atoms with Gasteiger partial charge >= 0.3 is 6.03 Å². The number of hydrogen-bond donors (Lipinski definition) is 2. The molecule has 1 unspecified atom stereocenters. The molecule has 0 aliphatic heterocycles. The van der Waals surface area contributed by atoms with Gasteiger partial charge < -0.3 is 11.1 Å². The molecule has 1 atom stereocenters. The number of urea groups is 1. The lowest BCUT2D eigenvalue weighted by Gasteiger charge is -2.26. The van der Waals surface area contributed by atoms with Crippen molar-refractivity contribution >= 4 is 17.8 Å². The first-order valence-corrected chi connectivity index (χ1v) is 8.53. The molecule has 0 saturated carbocycles. The summed E-state index contributed by atoms with van der Waals surface area (Å²) in [5.41, 5.74) is 7.77. The summed E-state index contributed by atoms with van der Waals surface area (Å²) in [4.78, 5) is 12.9. The Morgan fingerprint density at radius 2 is 2.09 bits per heavy atom. The highest BCUT2D eigenvalue weighted by Gasteiger charge is 2.20. The molecule has 1 aliphatic carbocycles. The van der Waals surface area contributed by atoms with Gasteiger partial charge in [-0.25, -0.2) is 9.18 Å². The van der Waals surface area contributed by atoms with E-state index in [1.807, 2.05) is 6.07 Å². The zero-order chi connectivity index (χ0) is 16.2. The van der Waals surface area contributed by atoms with E-state index in [4.69, 9.17) is 5.73 Å². The van der Waals surface area contributed by atoms with Gasteiger partial charge in [0.2, 0.25) is 0 Å². The second-order valence-corrected chi connectivity index (χ2v) is 6.90. The molecule has 2 amide bonds. The van der Waals surface area contributed by atoms with E-state index in [1.165, 1.54) is 17.2 Å². The van der Waals surface area contributed by atoms with Gasteiger partial charge in [0, 0.05) is 22.3 Å². The van der Waals surface area contributed by atoms with Crippen LogP contribution in [0.5, 0.6) is 0 Å². The monoisotopic (exact) mass is 330 g/mol. The molecular formula is C18H19FN2OS. The summed E-state index contributed by atoms with van der Waals surface area (Å²) >= 11 is 1.56. The van der Waals surface area contributed by atoms with E-state index in [1.54, 1.807) is 23.9 Å². The van der Waals surface area contributed by atoms with E-state index in [9.17, 15) is 9.18 Å². The van der Waals surface area contributed by atoms with Crippen LogP contribution in [0.25, 0.3) is 0 Å². The predicted molar refractivity (Wildman–Crippen MR) is 90.2 cm³/mol. The molecule has 3 nitrogen and oxygen atoms in total. The van der Waals surface area contributed by atoms with Crippen molar-refractivity contribution in [2.75, 3.05) is 6.54 Å². The Kier molecular flexibility index (Phi) is 4.86. The molecular weight excluding hydrogens is 311 g/mol. The standard InChI is InChI=1S/C18H19FN2OS/c19-14-5-2-6-15(10-14)23-16-7-8-17-12(9-16)3-1-4-13(17)11-21-18(20)22/h2,5-10,13H,1,3-4,11H2,(H3,20,21,22). The third kappa shape index (κ3) is 4.05. The van der Waals surface area contributed by atoms with Gasteiger partial charge in [-0.3, -0.25) is 0 Å². The van der Waals surface area contributed by atoms with Crippen LogP contribution in [0.3, 0.4) is 0 Å². The summed E-state index contributed by atoms with van der Waals surface area (Å²) in [6.45, 7) is 0.582. The van der Waals surface area contributed by atoms with E-state index >= 15 is 0 Å². The fourth-order valence-corrected chi connectivity index (χ4v) is 3.98. The van der Waals surface area contributed by atoms with Crippen LogP contribution in [0.2, 0.25) is 0 Å². The number of amides is 2. The molecule has 0 saturated heterocycles. The lowest BCUT2D eigenvalue weighted by Crippen LogP contribution is -2.33. The summed E-state index contributed by atoms with van der Waals surface area (Å²) in [6, 6.07) is 12.5. The first-order valence-electron chi connectivity index (χ1n) is 7.71. The van der Waals surface area contributed by atoms with Crippen molar-refractivity contribution in [2.45, 2.75) is 35.0 Å². The number of nitrogens with one attached hydrogen (secondary N) is 1. The van der Waals surface area contributed by atoms with Gasteiger partial charge in [-0.15, -0.1) is 0 Å². The molecule has 5 heteroatoms. The third-order valence-electron chi connectivity index (χ3n) is 4.11. The second kappa shape index (κ2) is 7.04. The molecule has 0 radical (unpaired) electrons. The van der Waals surface area contributed by atoms with E-state index in [0.29, 0.717) is 12.5 Å². The summed E-state index contributed by atoms with van der Waals surface area (Å²) < 4.78 is 13.3. The van der Waals surface area contributed by atoms with Crippen LogP contribution < -0.4 is 11.1 Å². The molecule has 1 aliphatic rings. The molecule has 2 aromatic rings. The highest BCUT2D eigenvalue weighted by Crippen LogP contribution is 2.35. The van der Waals surface area contributed by atoms with E-state index in [2.05, 4.69) is 23.5 Å². The number of aryl methyl sites for hydroxylation is 1. The number of rotatable bonds is 4. The maximum atomic E-state index is 13.3. The number of primary amides is 1. The fraction of sp³-hybridized carbons (Fsp3) is 0.278. The first kappa shape index (κ1) is 15.9. The number of carbonyl (C=O) groups is 1. The number of benzene rings is 2. The van der Waals surface area contributed by atoms with Gasteiger partial charge in [0.1, 0.15) is 5.82 Å². The lowest BCUT2D eigenvalue weighted by atomic mass is 9.83. The first-order chi connectivity index (χ1) is 11.1. The predicted octanol–water partition coefficient (Wildman–Crippen LogP) is 4.07. The van der Waals surface area contributed by atoms with Gasteiger partial charge in [-0.05, 0) is 60.7 Å². The Bertz CT molecular complexity index is 720. The van der Waals surface area contributed by atoms with Crippen molar-refractivity contribution in [1.29, 1.82) is 0 Å². The number of hydrogen-bond acceptors (Lipinski definition) is 2. The van der Waals surface area contributed by atoms with Crippen molar-refractivity contribution in [2.24, 2.45) is 5.73 Å². The van der Waals surface area contributed by atoms with Crippen LogP contribution in [0, 0.1) is 5.82 Å². The summed E-state index contributed by atoms with van der Waals surface area (Å²) in [5, 5.41) is 2.71. The van der Waals surface area contributed by atoms with Crippen molar-refractivity contribution in [1.82, 2.24) is 5.32 Å². The van der Waals surface area contributed by atoms with E-state index in [-0.39, 0.29) is 5.82 Å². The van der Waals surface area contributed by atoms with Gasteiger partial charge in [-0.2, -0.15) is 0 Å². The zero-order valence-corrected chi connectivity index (χ0v) is 13.5. The molecule has 0 aromatic heterocycles. The minimum absolute atomic E-state index is 0.217. The molecule has 120 valence electrons. The van der Waals surface area contributed by atoms with Crippen LogP contribution in [-0.4, -0.2) is 12.6 Å².